The maximum atomic E-state index is 12.3. The third-order valence-corrected chi connectivity index (χ3v) is 6.24. The number of hydrogen-bond acceptors (Lipinski definition) is 7. The van der Waals surface area contributed by atoms with Gasteiger partial charge in [0.15, 0.2) is 0 Å². The lowest BCUT2D eigenvalue weighted by Gasteiger charge is -2.14. The molecular weight excluding hydrogens is 402 g/mol. The molecule has 2 aromatic rings. The van der Waals surface area contributed by atoms with Gasteiger partial charge in [-0.1, -0.05) is 37.0 Å². The van der Waals surface area contributed by atoms with Crippen molar-refractivity contribution < 1.29 is 18.0 Å². The molecule has 1 aliphatic rings. The Balaban J connectivity index is 1.60. The van der Waals surface area contributed by atoms with E-state index in [-0.39, 0.29) is 32.5 Å². The fourth-order valence-corrected chi connectivity index (χ4v) is 4.16. The van der Waals surface area contributed by atoms with Gasteiger partial charge in [-0.3, -0.25) is 14.9 Å². The highest BCUT2D eigenvalue weighted by atomic mass is 32.2. The summed E-state index contributed by atoms with van der Waals surface area (Å²) >= 11 is 0.983. The molecule has 28 heavy (non-hydrogen) atoms. The second-order valence-corrected chi connectivity index (χ2v) is 9.14. The van der Waals surface area contributed by atoms with Crippen LogP contribution in [0, 0.1) is 0 Å². The molecule has 0 atom stereocenters. The summed E-state index contributed by atoms with van der Waals surface area (Å²) < 4.78 is 22.5. The van der Waals surface area contributed by atoms with Crippen molar-refractivity contribution in [2.75, 3.05) is 5.32 Å². The third-order valence-electron chi connectivity index (χ3n) is 4.48. The van der Waals surface area contributed by atoms with Gasteiger partial charge in [0, 0.05) is 11.6 Å². The van der Waals surface area contributed by atoms with Crippen LogP contribution >= 0.6 is 11.3 Å². The number of sulfonamides is 1. The summed E-state index contributed by atoms with van der Waals surface area (Å²) in [7, 11) is -3.82. The zero-order valence-corrected chi connectivity index (χ0v) is 16.7. The first-order valence-corrected chi connectivity index (χ1v) is 11.3. The lowest BCUT2D eigenvalue weighted by atomic mass is 10.1. The van der Waals surface area contributed by atoms with Crippen LogP contribution < -0.4 is 15.8 Å². The predicted octanol–water partition coefficient (Wildman–Crippen LogP) is 1.89. The highest BCUT2D eigenvalue weighted by Crippen LogP contribution is 2.20. The van der Waals surface area contributed by atoms with Gasteiger partial charge in [0.2, 0.25) is 20.2 Å². The minimum absolute atomic E-state index is 0.0857. The molecule has 9 nitrogen and oxygen atoms in total. The molecule has 1 aliphatic carbocycles. The Morgan fingerprint density at radius 3 is 2.25 bits per heavy atom. The first kappa shape index (κ1) is 20.4. The second kappa shape index (κ2) is 8.76. The van der Waals surface area contributed by atoms with E-state index in [1.165, 1.54) is 37.1 Å². The van der Waals surface area contributed by atoms with Crippen molar-refractivity contribution in [3.63, 3.8) is 0 Å². The molecule has 0 spiro atoms. The molecule has 1 saturated carbocycles. The third kappa shape index (κ3) is 5.33. The summed E-state index contributed by atoms with van der Waals surface area (Å²) in [5.41, 5.74) is 0.229. The smallest absolute Gasteiger partial charge is 0.282 e. The summed E-state index contributed by atoms with van der Waals surface area (Å²) in [5, 5.41) is 18.6. The molecule has 1 fully saturated rings. The van der Waals surface area contributed by atoms with E-state index in [4.69, 9.17) is 5.14 Å². The van der Waals surface area contributed by atoms with Crippen LogP contribution in [0.3, 0.4) is 0 Å². The lowest BCUT2D eigenvalue weighted by molar-refractivity contribution is 0.0931. The molecule has 0 unspecified atom stereocenters. The van der Waals surface area contributed by atoms with Gasteiger partial charge in [-0.25, -0.2) is 13.6 Å². The summed E-state index contributed by atoms with van der Waals surface area (Å²) in [6.45, 7) is 0. The number of aromatic nitrogens is 2. The number of nitrogens with two attached hydrogens (primary N) is 1. The topological polar surface area (TPSA) is 144 Å². The van der Waals surface area contributed by atoms with E-state index < -0.39 is 15.9 Å². The van der Waals surface area contributed by atoms with Gasteiger partial charge in [-0.15, -0.1) is 10.2 Å². The number of nitrogens with one attached hydrogen (secondary N) is 2. The van der Waals surface area contributed by atoms with E-state index in [0.717, 1.165) is 37.0 Å². The summed E-state index contributed by atoms with van der Waals surface area (Å²) in [5.74, 6) is -0.782. The van der Waals surface area contributed by atoms with Gasteiger partial charge in [-0.2, -0.15) is 0 Å². The molecule has 11 heteroatoms. The van der Waals surface area contributed by atoms with Crippen molar-refractivity contribution in [3.8, 4) is 0 Å². The first-order valence-electron chi connectivity index (χ1n) is 8.91. The molecule has 2 amide bonds. The summed E-state index contributed by atoms with van der Waals surface area (Å²) in [6, 6.07) is 5.33. The van der Waals surface area contributed by atoms with Crippen LogP contribution in [0.1, 0.15) is 58.7 Å². The van der Waals surface area contributed by atoms with Crippen LogP contribution in [0.4, 0.5) is 5.13 Å². The lowest BCUT2D eigenvalue weighted by Crippen LogP contribution is -2.34. The Hall–Kier alpha value is -2.37. The maximum absolute atomic E-state index is 12.3. The van der Waals surface area contributed by atoms with Gasteiger partial charge in [-0.05, 0) is 37.1 Å². The molecule has 1 heterocycles. The van der Waals surface area contributed by atoms with Crippen molar-refractivity contribution in [2.45, 2.75) is 49.5 Å². The normalized spacial score (nSPS) is 15.6. The van der Waals surface area contributed by atoms with Crippen molar-refractivity contribution in [2.24, 2.45) is 5.14 Å². The van der Waals surface area contributed by atoms with Crippen molar-refractivity contribution in [1.29, 1.82) is 0 Å². The Kier molecular flexibility index (Phi) is 6.37. The SMILES string of the molecule is NS(=O)(=O)c1ccc(C(=O)Nc2nnc(C(=O)NC3CCCCCC3)s2)cc1. The number of benzene rings is 1. The highest BCUT2D eigenvalue weighted by Gasteiger charge is 2.20. The fourth-order valence-electron chi connectivity index (χ4n) is 3.00. The number of anilines is 1. The predicted molar refractivity (Wildman–Crippen MR) is 105 cm³/mol. The minimum atomic E-state index is -3.82. The number of nitrogens with zero attached hydrogens (tertiary/aromatic N) is 2. The molecular formula is C17H21N5O4S2. The number of hydrogen-bond donors (Lipinski definition) is 3. The van der Waals surface area contributed by atoms with Crippen molar-refractivity contribution in [1.82, 2.24) is 15.5 Å². The number of primary sulfonamides is 1. The van der Waals surface area contributed by atoms with Crippen LogP contribution in [0.15, 0.2) is 29.2 Å². The van der Waals surface area contributed by atoms with E-state index in [9.17, 15) is 18.0 Å². The maximum Gasteiger partial charge on any atom is 0.282 e. The average Bonchev–Trinajstić information content (AvgIpc) is 2.97. The van der Waals surface area contributed by atoms with E-state index in [1.54, 1.807) is 0 Å². The number of rotatable bonds is 5. The molecule has 4 N–H and O–H groups in total. The van der Waals surface area contributed by atoms with E-state index in [0.29, 0.717) is 0 Å². The van der Waals surface area contributed by atoms with Crippen LogP contribution in [-0.4, -0.2) is 36.5 Å². The van der Waals surface area contributed by atoms with Crippen LogP contribution in [0.25, 0.3) is 0 Å². The van der Waals surface area contributed by atoms with Crippen LogP contribution in [0.5, 0.6) is 0 Å². The van der Waals surface area contributed by atoms with Gasteiger partial charge in [0.05, 0.1) is 4.90 Å². The molecule has 0 saturated heterocycles. The fraction of sp³-hybridized carbons (Fsp3) is 0.412. The standard InChI is InChI=1S/C17H21N5O4S2/c18-28(25,26)13-9-7-11(8-10-13)14(23)20-17-22-21-16(27-17)15(24)19-12-5-3-1-2-4-6-12/h7-10,12H,1-6H2,(H,19,24)(H2,18,25,26)(H,20,22,23). The molecule has 1 aromatic heterocycles. The van der Waals surface area contributed by atoms with Gasteiger partial charge in [0.1, 0.15) is 0 Å². The monoisotopic (exact) mass is 423 g/mol. The summed E-state index contributed by atoms with van der Waals surface area (Å²) in [4.78, 5) is 24.5. The Morgan fingerprint density at radius 1 is 1.00 bits per heavy atom. The zero-order valence-electron chi connectivity index (χ0n) is 15.1. The Labute approximate surface area is 166 Å². The zero-order chi connectivity index (χ0) is 20.1. The van der Waals surface area contributed by atoms with Gasteiger partial charge in [0.25, 0.3) is 11.8 Å². The first-order chi connectivity index (χ1) is 13.3. The summed E-state index contributed by atoms with van der Waals surface area (Å²) in [6.07, 6.45) is 6.52. The van der Waals surface area contributed by atoms with Gasteiger partial charge >= 0.3 is 0 Å². The molecule has 0 bridgehead atoms. The number of carbonyl (C=O) groups is 2. The average molecular weight is 424 g/mol. The number of carbonyl (C=O) groups excluding carboxylic acids is 2. The van der Waals surface area contributed by atoms with E-state index in [1.807, 2.05) is 0 Å². The number of amides is 2. The largest absolute Gasteiger partial charge is 0.347 e. The van der Waals surface area contributed by atoms with Crippen molar-refractivity contribution in [3.05, 3.63) is 34.8 Å². The molecule has 1 aromatic carbocycles. The Morgan fingerprint density at radius 2 is 1.64 bits per heavy atom. The quantitative estimate of drug-likeness (QED) is 0.626. The van der Waals surface area contributed by atoms with Gasteiger partial charge < -0.3 is 5.32 Å². The molecule has 0 aliphatic heterocycles. The van der Waals surface area contributed by atoms with Crippen LogP contribution in [0.2, 0.25) is 0 Å². The molecule has 150 valence electrons. The van der Waals surface area contributed by atoms with Crippen LogP contribution in [-0.2, 0) is 10.0 Å². The van der Waals surface area contributed by atoms with E-state index in [2.05, 4.69) is 20.8 Å². The second-order valence-electron chi connectivity index (χ2n) is 6.60. The molecule has 3 rings (SSSR count). The van der Waals surface area contributed by atoms with Crippen molar-refractivity contribution >= 4 is 38.3 Å². The molecule has 0 radical (unpaired) electrons. The van der Waals surface area contributed by atoms with E-state index >= 15 is 0 Å². The highest BCUT2D eigenvalue weighted by molar-refractivity contribution is 7.89. The minimum Gasteiger partial charge on any atom is -0.347 e. The Bertz CT molecular complexity index is 948.